The molecular weight excluding hydrogens is 308 g/mol. The molecule has 1 N–H and O–H groups in total. The fourth-order valence-electron chi connectivity index (χ4n) is 3.81. The van der Waals surface area contributed by atoms with Crippen molar-refractivity contribution in [2.75, 3.05) is 26.4 Å². The Hall–Kier alpha value is -0.910. The number of ether oxygens (including phenoxy) is 3. The van der Waals surface area contributed by atoms with Crippen molar-refractivity contribution in [1.82, 2.24) is 0 Å². The molecule has 0 aliphatic carbocycles. The van der Waals surface area contributed by atoms with E-state index in [0.29, 0.717) is 30.7 Å². The average molecular weight is 340 g/mol. The smallest absolute Gasteiger partial charge is 0.329 e. The average Bonchev–Trinajstić information content (AvgIpc) is 3.15. The Morgan fingerprint density at radius 2 is 1.92 bits per heavy atom. The van der Waals surface area contributed by atoms with Gasteiger partial charge < -0.3 is 19.3 Å². The second-order valence-corrected chi connectivity index (χ2v) is 6.87. The van der Waals surface area contributed by atoms with Crippen molar-refractivity contribution in [2.24, 2.45) is 11.8 Å². The van der Waals surface area contributed by atoms with E-state index in [1.165, 1.54) is 19.3 Å². The molecule has 2 fully saturated rings. The first-order chi connectivity index (χ1) is 11.7. The summed E-state index contributed by atoms with van der Waals surface area (Å²) in [5.74, 6) is 0.0932. The van der Waals surface area contributed by atoms with Gasteiger partial charge >= 0.3 is 5.97 Å². The minimum absolute atomic E-state index is 0.240. The zero-order valence-corrected chi connectivity index (χ0v) is 14.8. The van der Waals surface area contributed by atoms with Gasteiger partial charge in [0.05, 0.1) is 25.4 Å². The summed E-state index contributed by atoms with van der Waals surface area (Å²) in [5, 5.41) is 8.52. The van der Waals surface area contributed by atoms with Gasteiger partial charge in [0, 0.05) is 12.5 Å². The first kappa shape index (κ1) is 19.4. The van der Waals surface area contributed by atoms with Crippen molar-refractivity contribution in [1.29, 1.82) is 0 Å². The van der Waals surface area contributed by atoms with Crippen molar-refractivity contribution in [3.63, 3.8) is 0 Å². The predicted molar refractivity (Wildman–Crippen MR) is 92.0 cm³/mol. The van der Waals surface area contributed by atoms with E-state index in [0.717, 1.165) is 38.9 Å². The normalized spacial score (nSPS) is 28.9. The zero-order chi connectivity index (χ0) is 17.2. The summed E-state index contributed by atoms with van der Waals surface area (Å²) >= 11 is 0. The maximum absolute atomic E-state index is 10.4. The monoisotopic (exact) mass is 340 g/mol. The van der Waals surface area contributed by atoms with Crippen LogP contribution in [-0.2, 0) is 19.0 Å². The number of carboxylic acid groups (broad SMARTS) is 1. The fourth-order valence-corrected chi connectivity index (χ4v) is 3.81. The zero-order valence-electron chi connectivity index (χ0n) is 14.8. The van der Waals surface area contributed by atoms with Crippen molar-refractivity contribution < 1.29 is 24.1 Å². The maximum Gasteiger partial charge on any atom is 0.329 e. The minimum Gasteiger partial charge on any atom is -0.480 e. The standard InChI is InChI=1S/C19H32O5/c1-2-3-4-6-11-22-13-16-15(17-9-10-18(16)24-17)8-5-7-12-23-14-19(20)21/h5,7,15-18H,2-4,6,8-14H2,1H3,(H,20,21)/t15-,16+,17-,18+/m0/s1. The van der Waals surface area contributed by atoms with Crippen molar-refractivity contribution in [3.05, 3.63) is 12.2 Å². The maximum atomic E-state index is 10.4. The third kappa shape index (κ3) is 6.19. The first-order valence-electron chi connectivity index (χ1n) is 9.40. The molecular formula is C19H32O5. The van der Waals surface area contributed by atoms with E-state index in [9.17, 15) is 4.79 Å². The number of hydrogen-bond acceptors (Lipinski definition) is 4. The van der Waals surface area contributed by atoms with Crippen LogP contribution in [0.25, 0.3) is 0 Å². The molecule has 2 aliphatic rings. The lowest BCUT2D eigenvalue weighted by molar-refractivity contribution is -0.141. The molecule has 2 saturated heterocycles. The van der Waals surface area contributed by atoms with Gasteiger partial charge in [0.15, 0.2) is 0 Å². The Morgan fingerprint density at radius 3 is 2.67 bits per heavy atom. The van der Waals surface area contributed by atoms with E-state index < -0.39 is 5.97 Å². The highest BCUT2D eigenvalue weighted by Crippen LogP contribution is 2.45. The Labute approximate surface area is 145 Å². The molecule has 138 valence electrons. The van der Waals surface area contributed by atoms with Crippen LogP contribution in [-0.4, -0.2) is 49.7 Å². The summed E-state index contributed by atoms with van der Waals surface area (Å²) in [4.78, 5) is 10.4. The molecule has 4 atom stereocenters. The molecule has 5 heteroatoms. The molecule has 24 heavy (non-hydrogen) atoms. The van der Waals surface area contributed by atoms with Gasteiger partial charge in [-0.3, -0.25) is 0 Å². The summed E-state index contributed by atoms with van der Waals surface area (Å²) < 4.78 is 17.0. The van der Waals surface area contributed by atoms with E-state index in [2.05, 4.69) is 13.0 Å². The lowest BCUT2D eigenvalue weighted by Gasteiger charge is -2.27. The van der Waals surface area contributed by atoms with E-state index in [1.807, 2.05) is 6.08 Å². The summed E-state index contributed by atoms with van der Waals surface area (Å²) in [6, 6.07) is 0. The third-order valence-corrected chi connectivity index (χ3v) is 5.06. The van der Waals surface area contributed by atoms with E-state index >= 15 is 0 Å². The molecule has 0 aromatic rings. The van der Waals surface area contributed by atoms with Crippen molar-refractivity contribution >= 4 is 5.97 Å². The molecule has 0 unspecified atom stereocenters. The Kier molecular flexibility index (Phi) is 8.78. The molecule has 2 bridgehead atoms. The van der Waals surface area contributed by atoms with Crippen LogP contribution < -0.4 is 0 Å². The number of carbonyl (C=O) groups is 1. The van der Waals surface area contributed by atoms with Gasteiger partial charge in [-0.05, 0) is 31.6 Å². The van der Waals surface area contributed by atoms with Crippen LogP contribution in [0.1, 0.15) is 51.9 Å². The molecule has 0 saturated carbocycles. The van der Waals surface area contributed by atoms with Gasteiger partial charge in [-0.25, -0.2) is 4.79 Å². The van der Waals surface area contributed by atoms with Crippen LogP contribution in [0.5, 0.6) is 0 Å². The third-order valence-electron chi connectivity index (χ3n) is 5.06. The first-order valence-corrected chi connectivity index (χ1v) is 9.40. The number of fused-ring (bicyclic) bond motifs is 2. The second-order valence-electron chi connectivity index (χ2n) is 6.87. The molecule has 5 nitrogen and oxygen atoms in total. The number of carboxylic acids is 1. The number of allylic oxidation sites excluding steroid dienone is 1. The molecule has 0 aromatic heterocycles. The molecule has 0 amide bonds. The van der Waals surface area contributed by atoms with Gasteiger partial charge in [-0.2, -0.15) is 0 Å². The van der Waals surface area contributed by atoms with Crippen molar-refractivity contribution in [3.8, 4) is 0 Å². The van der Waals surface area contributed by atoms with Crippen LogP contribution >= 0.6 is 0 Å². The molecule has 0 radical (unpaired) electrons. The Bertz CT molecular complexity index is 395. The highest BCUT2D eigenvalue weighted by molar-refractivity contribution is 5.67. The molecule has 2 aliphatic heterocycles. The van der Waals surface area contributed by atoms with Crippen LogP contribution in [0, 0.1) is 11.8 Å². The summed E-state index contributed by atoms with van der Waals surface area (Å²) in [5.41, 5.74) is 0. The van der Waals surface area contributed by atoms with Crippen LogP contribution in [0.15, 0.2) is 12.2 Å². The highest BCUT2D eigenvalue weighted by Gasteiger charge is 2.48. The molecule has 2 rings (SSSR count). The summed E-state index contributed by atoms with van der Waals surface area (Å²) in [7, 11) is 0. The van der Waals surface area contributed by atoms with Crippen molar-refractivity contribution in [2.45, 2.75) is 64.1 Å². The second kappa shape index (κ2) is 10.9. The van der Waals surface area contributed by atoms with Gasteiger partial charge in [0.1, 0.15) is 6.61 Å². The predicted octanol–water partition coefficient (Wildman–Crippen LogP) is 3.42. The van der Waals surface area contributed by atoms with Gasteiger partial charge in [-0.15, -0.1) is 0 Å². The summed E-state index contributed by atoms with van der Waals surface area (Å²) in [6.45, 7) is 4.00. The lowest BCUT2D eigenvalue weighted by atomic mass is 9.78. The molecule has 2 heterocycles. The van der Waals surface area contributed by atoms with Crippen LogP contribution in [0.2, 0.25) is 0 Å². The highest BCUT2D eigenvalue weighted by atomic mass is 16.5. The van der Waals surface area contributed by atoms with E-state index in [-0.39, 0.29) is 6.61 Å². The van der Waals surface area contributed by atoms with E-state index in [1.54, 1.807) is 0 Å². The number of rotatable bonds is 13. The Balaban J connectivity index is 1.65. The Morgan fingerprint density at radius 1 is 1.12 bits per heavy atom. The number of unbranched alkanes of at least 4 members (excludes halogenated alkanes) is 3. The fraction of sp³-hybridized carbons (Fsp3) is 0.842. The van der Waals surface area contributed by atoms with Crippen LogP contribution in [0.4, 0.5) is 0 Å². The topological polar surface area (TPSA) is 65.0 Å². The SMILES string of the molecule is CCCCCCOC[C@@H]1[C@H](CC=CCOCC(=O)O)[C@@H]2CC[C@H]1O2. The molecule has 0 aromatic carbocycles. The van der Waals surface area contributed by atoms with Gasteiger partial charge in [0.2, 0.25) is 0 Å². The van der Waals surface area contributed by atoms with Gasteiger partial charge in [0.25, 0.3) is 0 Å². The largest absolute Gasteiger partial charge is 0.480 e. The van der Waals surface area contributed by atoms with Crippen LogP contribution in [0.3, 0.4) is 0 Å². The van der Waals surface area contributed by atoms with Gasteiger partial charge in [-0.1, -0.05) is 38.3 Å². The quantitative estimate of drug-likeness (QED) is 0.411. The minimum atomic E-state index is -0.930. The van der Waals surface area contributed by atoms with E-state index in [4.69, 9.17) is 19.3 Å². The lowest BCUT2D eigenvalue weighted by Crippen LogP contribution is -2.30. The molecule has 0 spiro atoms. The number of hydrogen-bond donors (Lipinski definition) is 1. The number of aliphatic carboxylic acids is 1. The summed E-state index contributed by atoms with van der Waals surface area (Å²) in [6.07, 6.45) is 13.0.